The van der Waals surface area contributed by atoms with E-state index in [-0.39, 0.29) is 29.8 Å². The molecule has 0 aromatic heterocycles. The number of fused-ring (bicyclic) bond motifs is 2. The Bertz CT molecular complexity index is 862. The first-order chi connectivity index (χ1) is 14.3. The molecule has 172 valence electrons. The lowest BCUT2D eigenvalue weighted by atomic mass is 9.37. The van der Waals surface area contributed by atoms with Gasteiger partial charge in [0.15, 0.2) is 11.9 Å². The number of carbonyl (C=O) groups excluding carboxylic acids is 3. The van der Waals surface area contributed by atoms with Gasteiger partial charge in [0.05, 0.1) is 19.6 Å². The fourth-order valence-electron chi connectivity index (χ4n) is 7.59. The Hall–Kier alpha value is -1.93. The third-order valence-electron chi connectivity index (χ3n) is 8.85. The van der Waals surface area contributed by atoms with Gasteiger partial charge >= 0.3 is 11.9 Å². The molecule has 3 aliphatic carbocycles. The maximum absolute atomic E-state index is 13.7. The molecule has 10 atom stereocenters. The standard InChI is InChI=1S/C23H32O8/c1-10-7-13(29-6)19(27)21(3)12(10)8-15-22(4)14(9-16(25)31-15)23(5,28)20(30-11(2)24)17(26)18(21)22/h7,10,12,14-15,17-18,20,26,28H,8-9H2,1-6H3. The Kier molecular flexibility index (Phi) is 4.87. The molecule has 1 saturated heterocycles. The number of carbonyl (C=O) groups is 3. The molecule has 4 rings (SSSR count). The van der Waals surface area contributed by atoms with Crippen LogP contribution in [0.1, 0.15) is 47.5 Å². The monoisotopic (exact) mass is 436 g/mol. The zero-order valence-electron chi connectivity index (χ0n) is 18.9. The molecular formula is C23H32O8. The van der Waals surface area contributed by atoms with Crippen molar-refractivity contribution in [2.24, 2.45) is 34.5 Å². The van der Waals surface area contributed by atoms with Gasteiger partial charge in [0.2, 0.25) is 5.78 Å². The van der Waals surface area contributed by atoms with Crippen molar-refractivity contribution in [1.82, 2.24) is 0 Å². The van der Waals surface area contributed by atoms with Gasteiger partial charge in [-0.15, -0.1) is 0 Å². The van der Waals surface area contributed by atoms with Crippen LogP contribution in [-0.4, -0.2) is 59.0 Å². The van der Waals surface area contributed by atoms with E-state index in [2.05, 4.69) is 0 Å². The molecule has 0 radical (unpaired) electrons. The van der Waals surface area contributed by atoms with Crippen molar-refractivity contribution < 1.29 is 38.8 Å². The maximum atomic E-state index is 13.7. The summed E-state index contributed by atoms with van der Waals surface area (Å²) in [7, 11) is 1.45. The lowest BCUT2D eigenvalue weighted by Crippen LogP contribution is -2.78. The molecule has 2 N–H and O–H groups in total. The normalized spacial score (nSPS) is 51.1. The van der Waals surface area contributed by atoms with Crippen LogP contribution in [0.15, 0.2) is 11.8 Å². The molecule has 3 fully saturated rings. The van der Waals surface area contributed by atoms with Gasteiger partial charge in [0, 0.05) is 29.6 Å². The fraction of sp³-hybridized carbons (Fsp3) is 0.783. The average molecular weight is 437 g/mol. The Morgan fingerprint density at radius 1 is 1.26 bits per heavy atom. The zero-order valence-corrected chi connectivity index (χ0v) is 18.9. The van der Waals surface area contributed by atoms with Crippen molar-refractivity contribution in [3.8, 4) is 0 Å². The number of esters is 2. The number of Topliss-reactive ketones (excluding diaryl/α,β-unsaturated/α-hetero) is 1. The number of methoxy groups -OCH3 is 1. The first-order valence-corrected chi connectivity index (χ1v) is 10.9. The summed E-state index contributed by atoms with van der Waals surface area (Å²) in [4.78, 5) is 38.1. The van der Waals surface area contributed by atoms with E-state index in [0.717, 1.165) is 0 Å². The lowest BCUT2D eigenvalue weighted by molar-refractivity contribution is -0.314. The molecule has 10 unspecified atom stereocenters. The van der Waals surface area contributed by atoms with E-state index in [1.165, 1.54) is 21.0 Å². The first-order valence-electron chi connectivity index (χ1n) is 10.9. The van der Waals surface area contributed by atoms with Crippen molar-refractivity contribution in [2.45, 2.75) is 71.4 Å². The van der Waals surface area contributed by atoms with Crippen LogP contribution in [-0.2, 0) is 28.6 Å². The van der Waals surface area contributed by atoms with Crippen molar-refractivity contribution in [3.05, 3.63) is 11.8 Å². The number of ketones is 1. The van der Waals surface area contributed by atoms with Crippen LogP contribution >= 0.6 is 0 Å². The molecule has 0 aromatic rings. The molecule has 8 nitrogen and oxygen atoms in total. The van der Waals surface area contributed by atoms with E-state index in [4.69, 9.17) is 14.2 Å². The summed E-state index contributed by atoms with van der Waals surface area (Å²) in [6.07, 6.45) is -1.05. The topological polar surface area (TPSA) is 119 Å². The van der Waals surface area contributed by atoms with Gasteiger partial charge in [-0.2, -0.15) is 0 Å². The van der Waals surface area contributed by atoms with Crippen LogP contribution in [0.2, 0.25) is 0 Å². The van der Waals surface area contributed by atoms with Gasteiger partial charge in [-0.05, 0) is 31.3 Å². The zero-order chi connectivity index (χ0) is 23.1. The summed E-state index contributed by atoms with van der Waals surface area (Å²) in [6, 6.07) is 0. The van der Waals surface area contributed by atoms with Crippen molar-refractivity contribution in [3.63, 3.8) is 0 Å². The third-order valence-corrected chi connectivity index (χ3v) is 8.85. The average Bonchev–Trinajstić information content (AvgIpc) is 2.66. The van der Waals surface area contributed by atoms with E-state index >= 15 is 0 Å². The summed E-state index contributed by atoms with van der Waals surface area (Å²) in [5.74, 6) is -2.74. The minimum Gasteiger partial charge on any atom is -0.493 e. The molecule has 4 aliphatic rings. The summed E-state index contributed by atoms with van der Waals surface area (Å²) < 4.78 is 16.6. The van der Waals surface area contributed by atoms with E-state index in [1.807, 2.05) is 20.8 Å². The Balaban J connectivity index is 1.95. The quantitative estimate of drug-likeness (QED) is 0.623. The molecule has 0 spiro atoms. The van der Waals surface area contributed by atoms with Gasteiger partial charge in [-0.3, -0.25) is 14.4 Å². The van der Waals surface area contributed by atoms with Crippen LogP contribution in [0.25, 0.3) is 0 Å². The predicted octanol–water partition coefficient (Wildman–Crippen LogP) is 1.37. The molecular weight excluding hydrogens is 404 g/mol. The second kappa shape index (κ2) is 6.78. The Labute approximate surface area is 181 Å². The number of hydrogen-bond donors (Lipinski definition) is 2. The number of aliphatic hydroxyl groups excluding tert-OH is 1. The summed E-state index contributed by atoms with van der Waals surface area (Å²) in [5, 5.41) is 23.1. The summed E-state index contributed by atoms with van der Waals surface area (Å²) >= 11 is 0. The molecule has 0 amide bonds. The van der Waals surface area contributed by atoms with Crippen molar-refractivity contribution >= 4 is 17.7 Å². The summed E-state index contributed by atoms with van der Waals surface area (Å²) in [6.45, 7) is 8.39. The Morgan fingerprint density at radius 3 is 2.48 bits per heavy atom. The predicted molar refractivity (Wildman–Crippen MR) is 107 cm³/mol. The second-order valence-electron chi connectivity index (χ2n) is 10.4. The SMILES string of the molecule is COC1=CC(C)C2CC3OC(=O)CC4C(C)(O)C(OC(C)=O)C(O)C(C2(C)C1=O)C34C. The largest absolute Gasteiger partial charge is 0.493 e. The number of allylic oxidation sites excluding steroid dienone is 2. The number of hydrogen-bond acceptors (Lipinski definition) is 8. The molecule has 2 saturated carbocycles. The molecule has 1 aliphatic heterocycles. The molecule has 1 heterocycles. The highest BCUT2D eigenvalue weighted by Gasteiger charge is 2.76. The van der Waals surface area contributed by atoms with E-state index < -0.39 is 58.5 Å². The van der Waals surface area contributed by atoms with Gasteiger partial charge < -0.3 is 24.4 Å². The number of ether oxygens (including phenoxy) is 3. The maximum Gasteiger partial charge on any atom is 0.306 e. The highest BCUT2D eigenvalue weighted by Crippen LogP contribution is 2.69. The Morgan fingerprint density at radius 2 is 1.90 bits per heavy atom. The van der Waals surface area contributed by atoms with Crippen LogP contribution in [0.3, 0.4) is 0 Å². The fourth-order valence-corrected chi connectivity index (χ4v) is 7.59. The third kappa shape index (κ3) is 2.70. The van der Waals surface area contributed by atoms with Gasteiger partial charge in [0.1, 0.15) is 11.7 Å². The van der Waals surface area contributed by atoms with Crippen LogP contribution in [0.4, 0.5) is 0 Å². The first kappa shape index (κ1) is 22.3. The highest BCUT2D eigenvalue weighted by molar-refractivity contribution is 5.99. The smallest absolute Gasteiger partial charge is 0.306 e. The summed E-state index contributed by atoms with van der Waals surface area (Å²) in [5.41, 5.74) is -3.63. The van der Waals surface area contributed by atoms with Gasteiger partial charge in [0.25, 0.3) is 0 Å². The number of rotatable bonds is 2. The second-order valence-corrected chi connectivity index (χ2v) is 10.4. The molecule has 8 heteroatoms. The molecule has 0 bridgehead atoms. The van der Waals surface area contributed by atoms with E-state index in [9.17, 15) is 24.6 Å². The van der Waals surface area contributed by atoms with Crippen molar-refractivity contribution in [2.75, 3.05) is 7.11 Å². The van der Waals surface area contributed by atoms with E-state index in [1.54, 1.807) is 6.08 Å². The molecule has 0 aromatic carbocycles. The minimum atomic E-state index is -1.68. The lowest BCUT2D eigenvalue weighted by Gasteiger charge is -2.69. The van der Waals surface area contributed by atoms with Gasteiger partial charge in [-0.1, -0.05) is 20.8 Å². The highest BCUT2D eigenvalue weighted by atomic mass is 16.6. The number of aliphatic hydroxyl groups is 2. The van der Waals surface area contributed by atoms with Gasteiger partial charge in [-0.25, -0.2) is 0 Å². The van der Waals surface area contributed by atoms with Crippen molar-refractivity contribution in [1.29, 1.82) is 0 Å². The van der Waals surface area contributed by atoms with Crippen LogP contribution in [0, 0.1) is 34.5 Å². The van der Waals surface area contributed by atoms with E-state index in [0.29, 0.717) is 6.42 Å². The minimum absolute atomic E-state index is 0.0666. The molecule has 31 heavy (non-hydrogen) atoms. The van der Waals surface area contributed by atoms with Crippen LogP contribution in [0.5, 0.6) is 0 Å². The van der Waals surface area contributed by atoms with Crippen LogP contribution < -0.4 is 0 Å².